The molecular formula is C45H40F6N10O6S. The minimum atomic E-state index is -4.89. The summed E-state index contributed by atoms with van der Waals surface area (Å²) in [7, 11) is -3.92. The van der Waals surface area contributed by atoms with Crippen molar-refractivity contribution >= 4 is 21.7 Å². The smallest absolute Gasteiger partial charge is 0.369 e. The van der Waals surface area contributed by atoms with Gasteiger partial charge in [0.2, 0.25) is 11.8 Å². The van der Waals surface area contributed by atoms with Crippen LogP contribution in [0.5, 0.6) is 0 Å². The number of alkyl halides is 6. The predicted octanol–water partition coefficient (Wildman–Crippen LogP) is 6.41. The molecule has 3 aromatic heterocycles. The molecule has 2 aliphatic rings. The van der Waals surface area contributed by atoms with Gasteiger partial charge in [-0.1, -0.05) is 47.9 Å². The van der Waals surface area contributed by atoms with Crippen LogP contribution >= 0.6 is 0 Å². The fraction of sp³-hybridized carbons (Fsp3) is 0.289. The molecule has 2 amide bonds. The summed E-state index contributed by atoms with van der Waals surface area (Å²) < 4.78 is 125. The summed E-state index contributed by atoms with van der Waals surface area (Å²) in [5.41, 5.74) is -0.672. The van der Waals surface area contributed by atoms with Gasteiger partial charge in [0, 0.05) is 44.2 Å². The van der Waals surface area contributed by atoms with Crippen LogP contribution in [0.3, 0.4) is 0 Å². The highest BCUT2D eigenvalue weighted by Crippen LogP contribution is 2.42. The summed E-state index contributed by atoms with van der Waals surface area (Å²) in [6.07, 6.45) is -1.80. The number of hydrogen-bond donors (Lipinski definition) is 0. The molecule has 0 unspecified atom stereocenters. The van der Waals surface area contributed by atoms with Crippen molar-refractivity contribution in [3.05, 3.63) is 139 Å². The van der Waals surface area contributed by atoms with Gasteiger partial charge in [0.15, 0.2) is 9.84 Å². The molecule has 0 saturated carbocycles. The first-order chi connectivity index (χ1) is 32.3. The molecule has 5 heterocycles. The van der Waals surface area contributed by atoms with E-state index in [2.05, 4.69) is 43.7 Å². The van der Waals surface area contributed by atoms with Gasteiger partial charge < -0.3 is 19.3 Å². The summed E-state index contributed by atoms with van der Waals surface area (Å²) in [4.78, 5) is 36.3. The largest absolute Gasteiger partial charge is 0.417 e. The van der Waals surface area contributed by atoms with E-state index in [4.69, 9.17) is 9.47 Å². The van der Waals surface area contributed by atoms with E-state index in [1.807, 2.05) is 0 Å². The molecule has 4 atom stereocenters. The lowest BCUT2D eigenvalue weighted by Gasteiger charge is -2.20. The Morgan fingerprint density at radius 1 is 0.691 bits per heavy atom. The number of halogens is 6. The zero-order valence-corrected chi connectivity index (χ0v) is 36.7. The topological polar surface area (TPSA) is 180 Å². The van der Waals surface area contributed by atoms with Gasteiger partial charge in [0.1, 0.15) is 17.7 Å². The van der Waals surface area contributed by atoms with Crippen molar-refractivity contribution in [2.45, 2.75) is 54.8 Å². The predicted molar refractivity (Wildman–Crippen MR) is 230 cm³/mol. The van der Waals surface area contributed by atoms with E-state index in [0.717, 1.165) is 36.6 Å². The molecule has 3 aromatic carbocycles. The van der Waals surface area contributed by atoms with E-state index in [1.54, 1.807) is 18.5 Å². The maximum absolute atomic E-state index is 14.9. The third-order valence-corrected chi connectivity index (χ3v) is 12.7. The van der Waals surface area contributed by atoms with E-state index in [9.17, 15) is 44.3 Å². The van der Waals surface area contributed by atoms with Gasteiger partial charge in [-0.2, -0.15) is 26.3 Å². The quantitative estimate of drug-likeness (QED) is 0.0866. The van der Waals surface area contributed by atoms with Crippen molar-refractivity contribution in [3.63, 3.8) is 0 Å². The second-order valence-corrected chi connectivity index (χ2v) is 18.1. The van der Waals surface area contributed by atoms with E-state index >= 15 is 0 Å². The third kappa shape index (κ3) is 10.2. The molecule has 6 aromatic rings. The molecule has 2 saturated heterocycles. The van der Waals surface area contributed by atoms with Crippen molar-refractivity contribution in [2.24, 2.45) is 0 Å². The van der Waals surface area contributed by atoms with Crippen LogP contribution in [0, 0.1) is 0 Å². The molecule has 68 heavy (non-hydrogen) atoms. The highest BCUT2D eigenvalue weighted by molar-refractivity contribution is 7.90. The number of amides is 2. The summed E-state index contributed by atoms with van der Waals surface area (Å²) in [5, 5.41) is 17.0. The van der Waals surface area contributed by atoms with Crippen molar-refractivity contribution in [3.8, 4) is 33.8 Å². The Bertz CT molecular complexity index is 2960. The first-order valence-electron chi connectivity index (χ1n) is 20.7. The lowest BCUT2D eigenvalue weighted by Crippen LogP contribution is -2.28. The van der Waals surface area contributed by atoms with E-state index < -0.39 is 63.5 Å². The summed E-state index contributed by atoms with van der Waals surface area (Å²) in [5.74, 6) is -0.812. The summed E-state index contributed by atoms with van der Waals surface area (Å²) in [6, 6.07) is 11.8. The van der Waals surface area contributed by atoms with Gasteiger partial charge in [-0.3, -0.25) is 9.59 Å². The normalized spacial score (nSPS) is 18.8. The monoisotopic (exact) mass is 962 g/mol. The van der Waals surface area contributed by atoms with E-state index in [1.165, 1.54) is 74.2 Å². The van der Waals surface area contributed by atoms with Crippen LogP contribution < -0.4 is 0 Å². The number of aromatic nitrogens is 8. The Morgan fingerprint density at radius 2 is 1.26 bits per heavy atom. The molecule has 8 rings (SSSR count). The zero-order valence-electron chi connectivity index (χ0n) is 35.9. The molecule has 0 bridgehead atoms. The molecule has 2 aliphatic heterocycles. The van der Waals surface area contributed by atoms with Crippen LogP contribution in [0.4, 0.5) is 26.3 Å². The van der Waals surface area contributed by atoms with Crippen LogP contribution in [0.2, 0.25) is 0 Å². The third-order valence-electron chi connectivity index (χ3n) is 11.6. The summed E-state index contributed by atoms with van der Waals surface area (Å²) >= 11 is 0. The Labute approximate surface area is 384 Å². The van der Waals surface area contributed by atoms with Gasteiger partial charge in [-0.05, 0) is 76.9 Å². The summed E-state index contributed by atoms with van der Waals surface area (Å²) in [6.45, 7) is 7.05. The van der Waals surface area contributed by atoms with Crippen LogP contribution in [0.25, 0.3) is 33.8 Å². The molecule has 0 aliphatic carbocycles. The molecule has 23 heteroatoms. The number of carbonyl (C=O) groups is 2. The van der Waals surface area contributed by atoms with Gasteiger partial charge >= 0.3 is 12.4 Å². The number of benzene rings is 3. The van der Waals surface area contributed by atoms with Gasteiger partial charge in [-0.25, -0.2) is 27.7 Å². The minimum absolute atomic E-state index is 0.0171. The first-order valence-corrected chi connectivity index (χ1v) is 22.6. The lowest BCUT2D eigenvalue weighted by molar-refractivity contribution is -0.138. The second-order valence-electron chi connectivity index (χ2n) is 16.0. The fourth-order valence-corrected chi connectivity index (χ4v) is 8.72. The van der Waals surface area contributed by atoms with Crippen molar-refractivity contribution < 1.29 is 53.8 Å². The molecule has 0 radical (unpaired) electrons. The molecule has 354 valence electrons. The SMILES string of the molecule is C=CC(=O)N1C[C@@H](n2cc(-c3ccncn3)nn2)[C@H](OCc2ccc(C(F)(F)F)c(-c3ccc(S(C)(=O)=O)cc3-c3cn([C@@H]4CN(C(=O)C=C)C[C@H]4OCc4ccc(C(F)(F)F)cc4)nn3)c2)C1. The number of likely N-dealkylation sites (tertiary alicyclic amines) is 2. The maximum atomic E-state index is 14.9. The molecule has 0 spiro atoms. The Balaban J connectivity index is 1.11. The number of hydrogen-bond acceptors (Lipinski definition) is 12. The number of ether oxygens (including phenoxy) is 2. The molecular weight excluding hydrogens is 923 g/mol. The number of rotatable bonds is 14. The molecule has 0 N–H and O–H groups in total. The number of sulfone groups is 1. The van der Waals surface area contributed by atoms with Crippen molar-refractivity contribution in [1.82, 2.24) is 49.8 Å². The zero-order chi connectivity index (χ0) is 48.5. The van der Waals surface area contributed by atoms with Crippen molar-refractivity contribution in [1.29, 1.82) is 0 Å². The first kappa shape index (κ1) is 47.4. The Kier molecular flexibility index (Phi) is 13.2. The van der Waals surface area contributed by atoms with E-state index in [-0.39, 0.29) is 72.6 Å². The molecule has 2 fully saturated rings. The maximum Gasteiger partial charge on any atom is 0.417 e. The highest BCUT2D eigenvalue weighted by Gasteiger charge is 2.40. The Hall–Kier alpha value is -7.11. The van der Waals surface area contributed by atoms with Crippen LogP contribution in [-0.4, -0.2) is 115 Å². The average Bonchev–Trinajstić information content (AvgIpc) is 4.16. The van der Waals surface area contributed by atoms with Gasteiger partial charge in [-0.15, -0.1) is 10.2 Å². The van der Waals surface area contributed by atoms with Crippen LogP contribution in [-0.2, 0) is 54.5 Å². The van der Waals surface area contributed by atoms with Gasteiger partial charge in [0.05, 0.1) is 71.6 Å². The van der Waals surface area contributed by atoms with Crippen LogP contribution in [0.1, 0.15) is 34.3 Å². The number of carbonyl (C=O) groups excluding carboxylic acids is 2. The standard InChI is InChI=1S/C45H40F6N10O6S/c1-4-42(62)58-20-38(40(22-58)66-24-27-6-9-29(10-7-27)44(46,47)48)60-18-36(54-56-60)33-17-30(68(3,64)65)11-12-31(33)32-16-28(8-13-34(32)45(49,50)51)25-67-41-23-59(43(63)5-2)21-39(41)61-19-37(55-57-61)35-14-15-52-26-53-35/h4-19,26,38-41H,1-2,20-25H2,3H3/t38-,39-,40-,41-/m1/s1. The van der Waals surface area contributed by atoms with E-state index in [0.29, 0.717) is 22.5 Å². The number of nitrogens with zero attached hydrogens (tertiary/aromatic N) is 10. The second kappa shape index (κ2) is 18.9. The van der Waals surface area contributed by atoms with Crippen LogP contribution in [0.15, 0.2) is 122 Å². The molecule has 16 nitrogen and oxygen atoms in total. The Morgan fingerprint density at radius 3 is 1.81 bits per heavy atom. The lowest BCUT2D eigenvalue weighted by atomic mass is 9.92. The van der Waals surface area contributed by atoms with Gasteiger partial charge in [0.25, 0.3) is 0 Å². The minimum Gasteiger partial charge on any atom is -0.369 e. The van der Waals surface area contributed by atoms with Crippen molar-refractivity contribution in [2.75, 3.05) is 32.4 Å². The fourth-order valence-electron chi connectivity index (χ4n) is 8.08. The average molecular weight is 963 g/mol. The highest BCUT2D eigenvalue weighted by atomic mass is 32.2.